The summed E-state index contributed by atoms with van der Waals surface area (Å²) in [5.41, 5.74) is 4.71. The fourth-order valence-electron chi connectivity index (χ4n) is 2.37. The largest absolute Gasteiger partial charge is 0.592 e. The Balaban J connectivity index is 2.24. The lowest BCUT2D eigenvalue weighted by Crippen LogP contribution is -1.95. The van der Waals surface area contributed by atoms with Crippen LogP contribution in [0.5, 0.6) is 0 Å². The predicted molar refractivity (Wildman–Crippen MR) is 62.2 cm³/mol. The van der Waals surface area contributed by atoms with E-state index in [0.717, 1.165) is 16.7 Å². The van der Waals surface area contributed by atoms with Crippen LogP contribution in [0.1, 0.15) is 11.1 Å². The minimum atomic E-state index is 0.255. The maximum Gasteiger partial charge on any atom is 0.252 e. The second-order valence-electron chi connectivity index (χ2n) is 4.00. The first-order valence-electron chi connectivity index (χ1n) is 5.33. The molecule has 84 valence electrons. The molecule has 0 amide bonds. The molecule has 0 aliphatic heterocycles. The summed E-state index contributed by atoms with van der Waals surface area (Å²) in [6, 6.07) is 13.5. The Kier molecular flexibility index (Phi) is 2.08. The van der Waals surface area contributed by atoms with Crippen LogP contribution in [0, 0.1) is 5.21 Å². The number of hydrogen-bond donors (Lipinski definition) is 1. The molecule has 0 radical (unpaired) electrons. The van der Waals surface area contributed by atoms with Crippen molar-refractivity contribution in [2.75, 3.05) is 0 Å². The van der Waals surface area contributed by atoms with E-state index in [2.05, 4.69) is 5.28 Å². The lowest BCUT2D eigenvalue weighted by Gasteiger charge is -2.03. The van der Waals surface area contributed by atoms with E-state index in [1.54, 1.807) is 12.1 Å². The highest BCUT2D eigenvalue weighted by Gasteiger charge is 2.24. The average Bonchev–Trinajstić information content (AvgIpc) is 2.76. The van der Waals surface area contributed by atoms with Crippen LogP contribution < -0.4 is 0 Å². The summed E-state index contributed by atoms with van der Waals surface area (Å²) in [5.74, 6) is 0. The number of fused-ring (bicyclic) bond motifs is 3. The summed E-state index contributed by atoms with van der Waals surface area (Å²) in [7, 11) is 0. The van der Waals surface area contributed by atoms with Crippen LogP contribution in [-0.4, -0.2) is 10.1 Å². The van der Waals surface area contributed by atoms with Crippen LogP contribution in [0.2, 0.25) is 0 Å². The number of nitrogens with zero attached hydrogens (tertiary/aromatic N) is 2. The molecule has 0 aromatic heterocycles. The topological polar surface area (TPSA) is 58.7 Å². The molecule has 4 heteroatoms. The molecule has 2 aromatic carbocycles. The quantitative estimate of drug-likeness (QED) is 0.393. The van der Waals surface area contributed by atoms with Crippen LogP contribution in [0.3, 0.4) is 0 Å². The van der Waals surface area contributed by atoms with Crippen LogP contribution >= 0.6 is 0 Å². The molecule has 1 N–H and O–H groups in total. The molecule has 0 fully saturated rings. The van der Waals surface area contributed by atoms with Crippen molar-refractivity contribution in [3.05, 3.63) is 58.8 Å². The van der Waals surface area contributed by atoms with Gasteiger partial charge in [0, 0.05) is 18.1 Å². The Morgan fingerprint density at radius 3 is 2.65 bits per heavy atom. The first kappa shape index (κ1) is 9.84. The molecule has 4 nitrogen and oxygen atoms in total. The molecule has 0 spiro atoms. The molecule has 0 saturated heterocycles. The summed E-state index contributed by atoms with van der Waals surface area (Å²) in [6.07, 6.45) is 0.704. The zero-order chi connectivity index (χ0) is 11.8. The third-order valence-electron chi connectivity index (χ3n) is 3.11. The second-order valence-corrected chi connectivity index (χ2v) is 4.00. The molecule has 0 unspecified atom stereocenters. The van der Waals surface area contributed by atoms with Crippen molar-refractivity contribution in [3.8, 4) is 11.1 Å². The highest BCUT2D eigenvalue weighted by molar-refractivity contribution is 5.80. The van der Waals surface area contributed by atoms with Crippen LogP contribution in [0.25, 0.3) is 11.1 Å². The minimum Gasteiger partial charge on any atom is -0.592 e. The number of rotatable bonds is 1. The van der Waals surface area contributed by atoms with Crippen molar-refractivity contribution < 1.29 is 10.1 Å². The van der Waals surface area contributed by atoms with E-state index in [0.29, 0.717) is 12.1 Å². The molecule has 0 atom stereocenters. The number of benzene rings is 2. The van der Waals surface area contributed by atoms with Crippen molar-refractivity contribution in [1.29, 1.82) is 0 Å². The van der Waals surface area contributed by atoms with E-state index in [9.17, 15) is 5.21 Å². The van der Waals surface area contributed by atoms with Gasteiger partial charge < -0.3 is 10.4 Å². The van der Waals surface area contributed by atoms with Crippen LogP contribution in [0.4, 0.5) is 5.69 Å². The standard InChI is InChI=1S/C13H10N2O2/c16-14-15(17)13-7-3-6-11-10-5-2-1-4-9(10)8-12(11)13/h1-7,16H,8H2. The molecule has 0 bridgehead atoms. The van der Waals surface area contributed by atoms with Crippen molar-refractivity contribution in [3.63, 3.8) is 0 Å². The summed E-state index contributed by atoms with van der Waals surface area (Å²) >= 11 is 0. The second kappa shape index (κ2) is 3.59. The lowest BCUT2D eigenvalue weighted by atomic mass is 10.1. The van der Waals surface area contributed by atoms with E-state index in [1.807, 2.05) is 30.3 Å². The van der Waals surface area contributed by atoms with E-state index in [-0.39, 0.29) is 4.86 Å². The molecule has 1 aliphatic carbocycles. The van der Waals surface area contributed by atoms with E-state index < -0.39 is 0 Å². The minimum absolute atomic E-state index is 0.255. The molecule has 17 heavy (non-hydrogen) atoms. The Bertz CT molecular complexity index is 621. The van der Waals surface area contributed by atoms with Gasteiger partial charge in [-0.2, -0.15) is 0 Å². The normalized spacial score (nSPS) is 13.3. The highest BCUT2D eigenvalue weighted by Crippen LogP contribution is 2.40. The van der Waals surface area contributed by atoms with E-state index in [1.165, 1.54) is 5.56 Å². The van der Waals surface area contributed by atoms with Gasteiger partial charge in [-0.15, -0.1) is 0 Å². The SMILES string of the molecule is [O-][N+](=NO)c1cccc2c1Cc1ccccc1-2. The average molecular weight is 226 g/mol. The van der Waals surface area contributed by atoms with Gasteiger partial charge in [-0.3, -0.25) is 0 Å². The van der Waals surface area contributed by atoms with Crippen LogP contribution in [0.15, 0.2) is 47.7 Å². The lowest BCUT2D eigenvalue weighted by molar-refractivity contribution is -0.474. The summed E-state index contributed by atoms with van der Waals surface area (Å²) in [4.78, 5) is 0.255. The number of hydrogen-bond acceptors (Lipinski definition) is 2. The maximum absolute atomic E-state index is 11.4. The van der Waals surface area contributed by atoms with Gasteiger partial charge in [-0.1, -0.05) is 36.4 Å². The van der Waals surface area contributed by atoms with Gasteiger partial charge in [0.2, 0.25) is 5.28 Å². The van der Waals surface area contributed by atoms with E-state index >= 15 is 0 Å². The summed E-state index contributed by atoms with van der Waals surface area (Å²) in [5, 5.41) is 22.7. The Hall–Kier alpha value is -2.36. The molecular weight excluding hydrogens is 216 g/mol. The van der Waals surface area contributed by atoms with Gasteiger partial charge in [-0.25, -0.2) is 0 Å². The zero-order valence-electron chi connectivity index (χ0n) is 9.00. The summed E-state index contributed by atoms with van der Waals surface area (Å²) < 4.78 is 0. The van der Waals surface area contributed by atoms with Crippen molar-refractivity contribution >= 4 is 5.69 Å². The molecule has 2 aromatic rings. The van der Waals surface area contributed by atoms with Gasteiger partial charge in [0.05, 0.1) is 0 Å². The van der Waals surface area contributed by atoms with Crippen molar-refractivity contribution in [2.45, 2.75) is 6.42 Å². The fourth-order valence-corrected chi connectivity index (χ4v) is 2.37. The smallest absolute Gasteiger partial charge is 0.252 e. The monoisotopic (exact) mass is 226 g/mol. The van der Waals surface area contributed by atoms with Gasteiger partial charge in [-0.05, 0) is 21.6 Å². The Labute approximate surface area is 98.0 Å². The van der Waals surface area contributed by atoms with Gasteiger partial charge in [0.25, 0.3) is 5.69 Å². The molecule has 0 heterocycles. The zero-order valence-corrected chi connectivity index (χ0v) is 9.00. The van der Waals surface area contributed by atoms with E-state index in [4.69, 9.17) is 5.21 Å². The third-order valence-corrected chi connectivity index (χ3v) is 3.11. The van der Waals surface area contributed by atoms with Crippen molar-refractivity contribution in [2.24, 2.45) is 5.28 Å². The first-order valence-corrected chi connectivity index (χ1v) is 5.33. The maximum atomic E-state index is 11.4. The molecule has 1 aliphatic rings. The molecular formula is C13H10N2O2. The van der Waals surface area contributed by atoms with Gasteiger partial charge in [0.1, 0.15) is 0 Å². The summed E-state index contributed by atoms with van der Waals surface area (Å²) in [6.45, 7) is 0. The Morgan fingerprint density at radius 2 is 1.82 bits per heavy atom. The Morgan fingerprint density at radius 1 is 1.06 bits per heavy atom. The first-order chi connectivity index (χ1) is 8.31. The van der Waals surface area contributed by atoms with Gasteiger partial charge >= 0.3 is 0 Å². The van der Waals surface area contributed by atoms with Crippen LogP contribution in [-0.2, 0) is 6.42 Å². The fraction of sp³-hybridized carbons (Fsp3) is 0.0769. The molecule has 0 saturated carbocycles. The van der Waals surface area contributed by atoms with Crippen molar-refractivity contribution in [1.82, 2.24) is 0 Å². The molecule has 3 rings (SSSR count). The highest BCUT2D eigenvalue weighted by atomic mass is 16.6. The third kappa shape index (κ3) is 1.38. The predicted octanol–water partition coefficient (Wildman–Crippen LogP) is 3.24. The van der Waals surface area contributed by atoms with Gasteiger partial charge in [0.15, 0.2) is 0 Å².